The van der Waals surface area contributed by atoms with Gasteiger partial charge in [0.15, 0.2) is 0 Å². The molecule has 2 rings (SSSR count). The number of benzene rings is 1. The second kappa shape index (κ2) is 6.81. The molecule has 1 aromatic carbocycles. The predicted molar refractivity (Wildman–Crippen MR) is 81.8 cm³/mol. The first-order chi connectivity index (χ1) is 9.57. The van der Waals surface area contributed by atoms with E-state index in [0.717, 1.165) is 22.5 Å². The molecule has 1 N–H and O–H groups in total. The molecule has 1 fully saturated rings. The van der Waals surface area contributed by atoms with Crippen molar-refractivity contribution in [3.05, 3.63) is 41.3 Å². The highest BCUT2D eigenvalue weighted by atomic mass is 32.2. The molecule has 108 valence electrons. The maximum atomic E-state index is 11.8. The number of urea groups is 1. The number of hydrogen-bond donors (Lipinski definition) is 1. The summed E-state index contributed by atoms with van der Waals surface area (Å²) in [4.78, 5) is 13.3. The van der Waals surface area contributed by atoms with Crippen molar-refractivity contribution in [3.63, 3.8) is 0 Å². The lowest BCUT2D eigenvalue weighted by Gasteiger charge is -2.25. The Morgan fingerprint density at radius 1 is 1.20 bits per heavy atom. The molecular formula is C13H16N2O3S2. The minimum absolute atomic E-state index is 0.553. The average Bonchev–Trinajstić information content (AvgIpc) is 2.47. The summed E-state index contributed by atoms with van der Waals surface area (Å²) in [6.45, 7) is 1.16. The summed E-state index contributed by atoms with van der Waals surface area (Å²) in [5, 5.41) is 1.01. The van der Waals surface area contributed by atoms with Crippen molar-refractivity contribution >= 4 is 33.9 Å². The summed E-state index contributed by atoms with van der Waals surface area (Å²) in [6.07, 6.45) is 1.46. The second-order valence-corrected chi connectivity index (χ2v) is 7.06. The number of carbonyl (C=O) groups excluding carboxylic acids is 1. The van der Waals surface area contributed by atoms with Gasteiger partial charge in [-0.25, -0.2) is 17.9 Å². The third kappa shape index (κ3) is 4.57. The highest BCUT2D eigenvalue weighted by Crippen LogP contribution is 2.09. The predicted octanol–water partition coefficient (Wildman–Crippen LogP) is 1.75. The number of nitrogens with zero attached hydrogens (tertiary/aromatic N) is 1. The van der Waals surface area contributed by atoms with Crippen molar-refractivity contribution in [3.8, 4) is 0 Å². The van der Waals surface area contributed by atoms with E-state index in [-0.39, 0.29) is 0 Å². The van der Waals surface area contributed by atoms with Crippen LogP contribution in [0.15, 0.2) is 35.7 Å². The monoisotopic (exact) mass is 312 g/mol. The van der Waals surface area contributed by atoms with Gasteiger partial charge >= 0.3 is 6.03 Å². The van der Waals surface area contributed by atoms with Crippen molar-refractivity contribution in [1.82, 2.24) is 9.62 Å². The zero-order valence-corrected chi connectivity index (χ0v) is 12.5. The van der Waals surface area contributed by atoms with E-state index in [1.54, 1.807) is 23.9 Å². The van der Waals surface area contributed by atoms with Crippen LogP contribution in [-0.2, 0) is 10.0 Å². The SMILES string of the molecule is O=C(NS(=O)(=O)C=Cc1ccccc1)N1CCSCC1. The van der Waals surface area contributed by atoms with Crippen molar-refractivity contribution < 1.29 is 13.2 Å². The minimum atomic E-state index is -3.76. The number of thioether (sulfide) groups is 1. The first kappa shape index (κ1) is 14.9. The molecule has 1 aromatic rings. The van der Waals surface area contributed by atoms with Crippen LogP contribution in [0.1, 0.15) is 5.56 Å². The van der Waals surface area contributed by atoms with Crippen LogP contribution in [0.5, 0.6) is 0 Å². The lowest BCUT2D eigenvalue weighted by molar-refractivity contribution is 0.209. The Kier molecular flexibility index (Phi) is 5.08. The zero-order valence-electron chi connectivity index (χ0n) is 10.9. The Morgan fingerprint density at radius 2 is 1.85 bits per heavy atom. The van der Waals surface area contributed by atoms with Crippen molar-refractivity contribution in [2.45, 2.75) is 0 Å². The van der Waals surface area contributed by atoms with Crippen LogP contribution in [0.3, 0.4) is 0 Å². The average molecular weight is 312 g/mol. The Labute approximate surface area is 123 Å². The van der Waals surface area contributed by atoms with E-state index < -0.39 is 16.1 Å². The van der Waals surface area contributed by atoms with Gasteiger partial charge in [-0.2, -0.15) is 11.8 Å². The van der Waals surface area contributed by atoms with Gasteiger partial charge in [0, 0.05) is 24.6 Å². The number of hydrogen-bond acceptors (Lipinski definition) is 4. The standard InChI is InChI=1S/C13H16N2O3S2/c16-13(15-7-9-19-10-8-15)14-20(17,18)11-6-12-4-2-1-3-5-12/h1-6,11H,7-10H2,(H,14,16). The molecule has 0 aromatic heterocycles. The number of carbonyl (C=O) groups is 1. The third-order valence-corrected chi connectivity index (χ3v) is 4.66. The summed E-state index contributed by atoms with van der Waals surface area (Å²) in [5.41, 5.74) is 0.764. The topological polar surface area (TPSA) is 66.5 Å². The Balaban J connectivity index is 1.96. The lowest BCUT2D eigenvalue weighted by Crippen LogP contribution is -2.45. The molecule has 0 radical (unpaired) electrons. The van der Waals surface area contributed by atoms with Gasteiger partial charge in [0.25, 0.3) is 10.0 Å². The number of nitrogens with one attached hydrogen (secondary N) is 1. The molecule has 0 atom stereocenters. The molecule has 1 heterocycles. The van der Waals surface area contributed by atoms with E-state index >= 15 is 0 Å². The van der Waals surface area contributed by atoms with E-state index in [9.17, 15) is 13.2 Å². The van der Waals surface area contributed by atoms with E-state index in [2.05, 4.69) is 4.72 Å². The summed E-state index contributed by atoms with van der Waals surface area (Å²) in [7, 11) is -3.76. The molecule has 0 aliphatic carbocycles. The molecule has 1 saturated heterocycles. The molecule has 0 saturated carbocycles. The van der Waals surface area contributed by atoms with E-state index in [4.69, 9.17) is 0 Å². The first-order valence-electron chi connectivity index (χ1n) is 6.19. The molecule has 0 unspecified atom stereocenters. The van der Waals surface area contributed by atoms with Crippen LogP contribution in [0, 0.1) is 0 Å². The molecule has 5 nitrogen and oxygen atoms in total. The minimum Gasteiger partial charge on any atom is -0.322 e. The van der Waals surface area contributed by atoms with Gasteiger partial charge in [-0.1, -0.05) is 30.3 Å². The highest BCUT2D eigenvalue weighted by Gasteiger charge is 2.20. The molecule has 7 heteroatoms. The van der Waals surface area contributed by atoms with Gasteiger partial charge in [0.1, 0.15) is 0 Å². The fourth-order valence-electron chi connectivity index (χ4n) is 1.72. The van der Waals surface area contributed by atoms with Crippen LogP contribution in [-0.4, -0.2) is 43.9 Å². The van der Waals surface area contributed by atoms with E-state index in [0.29, 0.717) is 13.1 Å². The third-order valence-electron chi connectivity index (χ3n) is 2.77. The quantitative estimate of drug-likeness (QED) is 0.923. The highest BCUT2D eigenvalue weighted by molar-refractivity contribution is 7.99. The van der Waals surface area contributed by atoms with Gasteiger partial charge in [-0.05, 0) is 11.6 Å². The maximum absolute atomic E-state index is 11.8. The second-order valence-electron chi connectivity index (χ2n) is 4.27. The van der Waals surface area contributed by atoms with Crippen LogP contribution in [0.4, 0.5) is 4.79 Å². The van der Waals surface area contributed by atoms with Crippen molar-refractivity contribution in [1.29, 1.82) is 0 Å². The van der Waals surface area contributed by atoms with Gasteiger partial charge in [-0.3, -0.25) is 0 Å². The molecule has 1 aliphatic heterocycles. The Hall–Kier alpha value is -1.47. The van der Waals surface area contributed by atoms with Gasteiger partial charge < -0.3 is 4.90 Å². The number of amides is 2. The van der Waals surface area contributed by atoms with Gasteiger partial charge in [0.2, 0.25) is 0 Å². The molecular weight excluding hydrogens is 296 g/mol. The van der Waals surface area contributed by atoms with E-state index in [1.165, 1.54) is 11.0 Å². The molecule has 1 aliphatic rings. The van der Waals surface area contributed by atoms with Crippen LogP contribution < -0.4 is 4.72 Å². The van der Waals surface area contributed by atoms with Crippen molar-refractivity contribution in [2.75, 3.05) is 24.6 Å². The number of rotatable bonds is 3. The largest absolute Gasteiger partial charge is 0.331 e. The fraction of sp³-hybridized carbons (Fsp3) is 0.308. The summed E-state index contributed by atoms with van der Waals surface area (Å²) in [6, 6.07) is 8.50. The maximum Gasteiger partial charge on any atom is 0.331 e. The van der Waals surface area contributed by atoms with Crippen molar-refractivity contribution in [2.24, 2.45) is 0 Å². The molecule has 20 heavy (non-hydrogen) atoms. The summed E-state index contributed by atoms with van der Waals surface area (Å²) in [5.74, 6) is 1.68. The summed E-state index contributed by atoms with van der Waals surface area (Å²) >= 11 is 1.76. The molecule has 0 spiro atoms. The molecule has 2 amide bonds. The fourth-order valence-corrected chi connectivity index (χ4v) is 3.40. The Bertz CT molecular complexity index is 579. The lowest BCUT2D eigenvalue weighted by atomic mass is 10.2. The van der Waals surface area contributed by atoms with Gasteiger partial charge in [0.05, 0.1) is 5.41 Å². The van der Waals surface area contributed by atoms with Crippen LogP contribution >= 0.6 is 11.8 Å². The Morgan fingerprint density at radius 3 is 2.50 bits per heavy atom. The zero-order chi connectivity index (χ0) is 14.4. The number of sulfonamides is 1. The smallest absolute Gasteiger partial charge is 0.322 e. The normalized spacial score (nSPS) is 16.3. The van der Waals surface area contributed by atoms with Gasteiger partial charge in [-0.15, -0.1) is 0 Å². The van der Waals surface area contributed by atoms with Crippen LogP contribution in [0.25, 0.3) is 6.08 Å². The first-order valence-corrected chi connectivity index (χ1v) is 8.89. The molecule has 0 bridgehead atoms. The summed E-state index contributed by atoms with van der Waals surface area (Å²) < 4.78 is 25.7. The van der Waals surface area contributed by atoms with Crippen LogP contribution in [0.2, 0.25) is 0 Å². The van der Waals surface area contributed by atoms with E-state index in [1.807, 2.05) is 18.2 Å².